The van der Waals surface area contributed by atoms with Crippen LogP contribution < -0.4 is 14.8 Å². The van der Waals surface area contributed by atoms with E-state index in [2.05, 4.69) is 12.2 Å². The Kier molecular flexibility index (Phi) is 7.70. The summed E-state index contributed by atoms with van der Waals surface area (Å²) >= 11 is 0. The molecule has 1 aromatic rings. The Morgan fingerprint density at radius 3 is 2.04 bits per heavy atom. The van der Waals surface area contributed by atoms with E-state index in [-0.39, 0.29) is 22.7 Å². The molecule has 0 aliphatic heterocycles. The van der Waals surface area contributed by atoms with Gasteiger partial charge in [-0.3, -0.25) is 9.59 Å². The van der Waals surface area contributed by atoms with Crippen molar-refractivity contribution in [2.75, 3.05) is 20.8 Å². The lowest BCUT2D eigenvalue weighted by molar-refractivity contribution is 0.0973. The second-order valence-corrected chi connectivity index (χ2v) is 6.52. The predicted molar refractivity (Wildman–Crippen MR) is 102 cm³/mol. The second kappa shape index (κ2) is 10.00. The Bertz CT molecular complexity index is 679. The van der Waals surface area contributed by atoms with Crippen LogP contribution in [0.3, 0.4) is 0 Å². The average Bonchev–Trinajstić information content (AvgIpc) is 2.66. The van der Waals surface area contributed by atoms with Crippen LogP contribution in [0, 0.1) is 0 Å². The summed E-state index contributed by atoms with van der Waals surface area (Å²) in [5.41, 5.74) is 0.889. The molecule has 5 nitrogen and oxygen atoms in total. The van der Waals surface area contributed by atoms with E-state index in [4.69, 9.17) is 9.47 Å². The summed E-state index contributed by atoms with van der Waals surface area (Å²) in [5, 5.41) is 3.13. The molecule has 0 saturated heterocycles. The molecule has 0 spiro atoms. The number of ketones is 2. The molecule has 1 aliphatic rings. The molecule has 0 aromatic heterocycles. The number of Topliss-reactive ketones (excluding diaryl/α,β-unsaturated/α-hetero) is 1. The van der Waals surface area contributed by atoms with Crippen LogP contribution in [0.2, 0.25) is 0 Å². The lowest BCUT2D eigenvalue weighted by atomic mass is 9.90. The number of hydrogen-bond acceptors (Lipinski definition) is 5. The van der Waals surface area contributed by atoms with Gasteiger partial charge in [0.1, 0.15) is 11.5 Å². The summed E-state index contributed by atoms with van der Waals surface area (Å²) < 4.78 is 10.5. The normalized spacial score (nSPS) is 13.3. The minimum absolute atomic E-state index is 0.224. The van der Waals surface area contributed by atoms with Gasteiger partial charge in [0.05, 0.1) is 31.0 Å². The molecule has 0 saturated carbocycles. The number of rotatable bonds is 11. The van der Waals surface area contributed by atoms with E-state index in [0.29, 0.717) is 23.7 Å². The highest BCUT2D eigenvalue weighted by Gasteiger charge is 2.31. The van der Waals surface area contributed by atoms with Gasteiger partial charge in [0, 0.05) is 12.6 Å². The Morgan fingerprint density at radius 2 is 1.42 bits per heavy atom. The fourth-order valence-corrected chi connectivity index (χ4v) is 3.21. The van der Waals surface area contributed by atoms with Crippen molar-refractivity contribution >= 4 is 11.6 Å². The number of carbonyl (C=O) groups excluding carboxylic acids is 2. The highest BCUT2D eigenvalue weighted by Crippen LogP contribution is 2.35. The maximum Gasteiger partial charge on any atom is 0.213 e. The SMILES string of the molecule is CCCCCCCCCNC1=CC(=O)c2c(OC)ccc(OC)c2C1=O. The van der Waals surface area contributed by atoms with Crippen molar-refractivity contribution in [3.8, 4) is 11.5 Å². The summed E-state index contributed by atoms with van der Waals surface area (Å²) in [6, 6.07) is 3.30. The molecule has 0 amide bonds. The molecular weight excluding hydrogens is 330 g/mol. The standard InChI is InChI=1S/C21H29NO4/c1-4-5-6-7-8-9-10-13-22-15-14-16(23)19-17(25-2)11-12-18(26-3)20(19)21(15)24/h11-12,14,22H,4-10,13H2,1-3H3. The van der Waals surface area contributed by atoms with Crippen molar-refractivity contribution in [1.29, 1.82) is 0 Å². The van der Waals surface area contributed by atoms with Gasteiger partial charge in [-0.05, 0) is 18.6 Å². The smallest absolute Gasteiger partial charge is 0.213 e. The van der Waals surface area contributed by atoms with Crippen LogP contribution in [0.1, 0.15) is 72.6 Å². The van der Waals surface area contributed by atoms with Gasteiger partial charge in [-0.15, -0.1) is 0 Å². The number of ether oxygens (including phenoxy) is 2. The molecule has 0 bridgehead atoms. The van der Waals surface area contributed by atoms with Crippen LogP contribution in [0.5, 0.6) is 11.5 Å². The first-order chi connectivity index (χ1) is 12.6. The van der Waals surface area contributed by atoms with Crippen LogP contribution in [-0.2, 0) is 0 Å². The number of carbonyl (C=O) groups is 2. The molecule has 142 valence electrons. The molecule has 5 heteroatoms. The molecule has 0 heterocycles. The van der Waals surface area contributed by atoms with Gasteiger partial charge in [-0.1, -0.05) is 45.4 Å². The van der Waals surface area contributed by atoms with Gasteiger partial charge in [0.25, 0.3) is 0 Å². The molecule has 1 N–H and O–H groups in total. The Balaban J connectivity index is 1.98. The Hall–Kier alpha value is -2.30. The van der Waals surface area contributed by atoms with Crippen molar-refractivity contribution in [2.24, 2.45) is 0 Å². The van der Waals surface area contributed by atoms with Crippen LogP contribution in [-0.4, -0.2) is 32.3 Å². The molecule has 2 rings (SSSR count). The average molecular weight is 359 g/mol. The lowest BCUT2D eigenvalue weighted by Crippen LogP contribution is -2.28. The summed E-state index contributed by atoms with van der Waals surface area (Å²) in [7, 11) is 2.97. The van der Waals surface area contributed by atoms with Gasteiger partial charge in [0.2, 0.25) is 5.78 Å². The predicted octanol–water partition coefficient (Wildman–Crippen LogP) is 4.31. The number of fused-ring (bicyclic) bond motifs is 1. The zero-order valence-corrected chi connectivity index (χ0v) is 16.0. The molecule has 0 unspecified atom stereocenters. The highest BCUT2D eigenvalue weighted by molar-refractivity contribution is 6.26. The third kappa shape index (κ3) is 4.65. The molecule has 1 aromatic carbocycles. The summed E-state index contributed by atoms with van der Waals surface area (Å²) in [5.74, 6) is 0.319. The summed E-state index contributed by atoms with van der Waals surface area (Å²) in [4.78, 5) is 25.4. The van der Waals surface area contributed by atoms with E-state index in [1.54, 1.807) is 12.1 Å². The Morgan fingerprint density at radius 1 is 0.846 bits per heavy atom. The van der Waals surface area contributed by atoms with E-state index in [1.807, 2.05) is 0 Å². The van der Waals surface area contributed by atoms with Gasteiger partial charge < -0.3 is 14.8 Å². The Labute approximate surface area is 155 Å². The monoisotopic (exact) mass is 359 g/mol. The van der Waals surface area contributed by atoms with Crippen molar-refractivity contribution in [3.05, 3.63) is 35.0 Å². The van der Waals surface area contributed by atoms with Crippen molar-refractivity contribution in [1.82, 2.24) is 5.32 Å². The van der Waals surface area contributed by atoms with E-state index >= 15 is 0 Å². The number of benzene rings is 1. The van der Waals surface area contributed by atoms with Gasteiger partial charge >= 0.3 is 0 Å². The third-order valence-electron chi connectivity index (χ3n) is 4.66. The van der Waals surface area contributed by atoms with Crippen molar-refractivity contribution in [2.45, 2.75) is 51.9 Å². The van der Waals surface area contributed by atoms with Crippen molar-refractivity contribution in [3.63, 3.8) is 0 Å². The van der Waals surface area contributed by atoms with Crippen LogP contribution >= 0.6 is 0 Å². The van der Waals surface area contributed by atoms with Gasteiger partial charge in [-0.25, -0.2) is 0 Å². The summed E-state index contributed by atoms with van der Waals surface area (Å²) in [6.45, 7) is 2.89. The lowest BCUT2D eigenvalue weighted by Gasteiger charge is -2.20. The molecule has 26 heavy (non-hydrogen) atoms. The van der Waals surface area contributed by atoms with Crippen molar-refractivity contribution < 1.29 is 19.1 Å². The maximum absolute atomic E-state index is 12.8. The molecular formula is C21H29NO4. The van der Waals surface area contributed by atoms with E-state index in [1.165, 1.54) is 52.4 Å². The highest BCUT2D eigenvalue weighted by atomic mass is 16.5. The van der Waals surface area contributed by atoms with Crippen LogP contribution in [0.4, 0.5) is 0 Å². The first-order valence-corrected chi connectivity index (χ1v) is 9.43. The fourth-order valence-electron chi connectivity index (χ4n) is 3.21. The summed E-state index contributed by atoms with van der Waals surface area (Å²) in [6.07, 6.45) is 9.79. The number of methoxy groups -OCH3 is 2. The van der Waals surface area contributed by atoms with Gasteiger partial charge in [-0.2, -0.15) is 0 Å². The number of unbranched alkanes of at least 4 members (excludes halogenated alkanes) is 6. The number of allylic oxidation sites excluding steroid dienone is 2. The van der Waals surface area contributed by atoms with E-state index in [0.717, 1.165) is 12.8 Å². The molecule has 0 atom stereocenters. The largest absolute Gasteiger partial charge is 0.496 e. The molecule has 1 aliphatic carbocycles. The maximum atomic E-state index is 12.8. The zero-order valence-electron chi connectivity index (χ0n) is 16.0. The van der Waals surface area contributed by atoms with E-state index in [9.17, 15) is 9.59 Å². The molecule has 0 radical (unpaired) electrons. The van der Waals surface area contributed by atoms with Crippen LogP contribution in [0.15, 0.2) is 23.9 Å². The van der Waals surface area contributed by atoms with E-state index < -0.39 is 0 Å². The topological polar surface area (TPSA) is 64.6 Å². The first-order valence-electron chi connectivity index (χ1n) is 9.43. The number of nitrogens with one attached hydrogen (secondary N) is 1. The van der Waals surface area contributed by atoms with Crippen LogP contribution in [0.25, 0.3) is 0 Å². The number of hydrogen-bond donors (Lipinski definition) is 1. The first kappa shape index (κ1) is 20.0. The van der Waals surface area contributed by atoms with Gasteiger partial charge in [0.15, 0.2) is 5.78 Å². The third-order valence-corrected chi connectivity index (χ3v) is 4.66. The zero-order chi connectivity index (χ0) is 18.9. The quantitative estimate of drug-likeness (QED) is 0.597. The second-order valence-electron chi connectivity index (χ2n) is 6.52. The molecule has 0 fully saturated rings. The fraction of sp³-hybridized carbons (Fsp3) is 0.524. The minimum atomic E-state index is -0.239. The minimum Gasteiger partial charge on any atom is -0.496 e.